The number of hydrogen-bond donors (Lipinski definition) is 2. The molecule has 0 spiro atoms. The standard InChI is InChI=1S/C22H27N5/c1-14(2)19-7-6-18(12-16(19)5)25-21-13-20(17-8-10-23-11-9-17)26-22(27-21)24-15(3)4/h6-15H,1-5H3,(H2,24,25,26,27). The Balaban J connectivity index is 1.95. The largest absolute Gasteiger partial charge is 0.352 e. The first-order valence-corrected chi connectivity index (χ1v) is 9.36. The molecule has 0 bridgehead atoms. The lowest BCUT2D eigenvalue weighted by Crippen LogP contribution is -2.13. The molecule has 0 amide bonds. The molecular weight excluding hydrogens is 334 g/mol. The van der Waals surface area contributed by atoms with E-state index in [1.807, 2.05) is 18.2 Å². The van der Waals surface area contributed by atoms with Crippen LogP contribution in [0.4, 0.5) is 17.5 Å². The molecule has 5 nitrogen and oxygen atoms in total. The summed E-state index contributed by atoms with van der Waals surface area (Å²) in [5.41, 5.74) is 5.52. The van der Waals surface area contributed by atoms with Crippen molar-refractivity contribution in [1.82, 2.24) is 15.0 Å². The van der Waals surface area contributed by atoms with E-state index < -0.39 is 0 Å². The lowest BCUT2D eigenvalue weighted by Gasteiger charge is -2.15. The molecule has 3 aromatic rings. The molecule has 2 aromatic heterocycles. The van der Waals surface area contributed by atoms with Gasteiger partial charge in [0.25, 0.3) is 0 Å². The van der Waals surface area contributed by atoms with Gasteiger partial charge in [-0.25, -0.2) is 4.98 Å². The van der Waals surface area contributed by atoms with Gasteiger partial charge in [-0.2, -0.15) is 4.98 Å². The number of benzene rings is 1. The summed E-state index contributed by atoms with van der Waals surface area (Å²) in [5, 5.41) is 6.73. The van der Waals surface area contributed by atoms with E-state index in [1.165, 1.54) is 11.1 Å². The van der Waals surface area contributed by atoms with Crippen molar-refractivity contribution in [2.45, 2.75) is 46.6 Å². The van der Waals surface area contributed by atoms with E-state index in [0.717, 1.165) is 22.8 Å². The van der Waals surface area contributed by atoms with Gasteiger partial charge in [0.1, 0.15) is 5.82 Å². The Morgan fingerprint density at radius 2 is 1.63 bits per heavy atom. The van der Waals surface area contributed by atoms with Gasteiger partial charge in [0, 0.05) is 35.8 Å². The maximum atomic E-state index is 4.65. The number of aromatic nitrogens is 3. The van der Waals surface area contributed by atoms with Gasteiger partial charge in [-0.05, 0) is 62.1 Å². The highest BCUT2D eigenvalue weighted by Crippen LogP contribution is 2.26. The van der Waals surface area contributed by atoms with Crippen molar-refractivity contribution >= 4 is 17.5 Å². The summed E-state index contributed by atoms with van der Waals surface area (Å²) in [7, 11) is 0. The van der Waals surface area contributed by atoms with Crippen LogP contribution >= 0.6 is 0 Å². The fourth-order valence-electron chi connectivity index (χ4n) is 3.05. The zero-order valence-electron chi connectivity index (χ0n) is 16.6. The molecule has 0 atom stereocenters. The predicted octanol–water partition coefficient (Wildman–Crippen LogP) is 5.53. The molecule has 0 aliphatic heterocycles. The van der Waals surface area contributed by atoms with Crippen molar-refractivity contribution in [2.75, 3.05) is 10.6 Å². The molecule has 5 heteroatoms. The number of rotatable bonds is 6. The minimum Gasteiger partial charge on any atom is -0.352 e. The molecule has 0 radical (unpaired) electrons. The lowest BCUT2D eigenvalue weighted by atomic mass is 9.98. The molecule has 1 aromatic carbocycles. The number of aryl methyl sites for hydroxylation is 1. The Bertz CT molecular complexity index is 904. The summed E-state index contributed by atoms with van der Waals surface area (Å²) in [4.78, 5) is 13.4. The van der Waals surface area contributed by atoms with Gasteiger partial charge in [-0.3, -0.25) is 4.98 Å². The molecule has 2 N–H and O–H groups in total. The van der Waals surface area contributed by atoms with Crippen LogP contribution in [0.2, 0.25) is 0 Å². The Labute approximate surface area is 161 Å². The summed E-state index contributed by atoms with van der Waals surface area (Å²) < 4.78 is 0. The predicted molar refractivity (Wildman–Crippen MR) is 113 cm³/mol. The highest BCUT2D eigenvalue weighted by Gasteiger charge is 2.09. The summed E-state index contributed by atoms with van der Waals surface area (Å²) in [6.45, 7) is 10.7. The van der Waals surface area contributed by atoms with E-state index in [2.05, 4.69) is 78.4 Å². The van der Waals surface area contributed by atoms with Crippen molar-refractivity contribution in [3.8, 4) is 11.3 Å². The van der Waals surface area contributed by atoms with Gasteiger partial charge < -0.3 is 10.6 Å². The fourth-order valence-corrected chi connectivity index (χ4v) is 3.05. The SMILES string of the molecule is Cc1cc(Nc2cc(-c3ccncc3)nc(NC(C)C)n2)ccc1C(C)C. The molecule has 0 fully saturated rings. The third-order valence-corrected chi connectivity index (χ3v) is 4.28. The Hall–Kier alpha value is -2.95. The average molecular weight is 361 g/mol. The van der Waals surface area contributed by atoms with E-state index in [4.69, 9.17) is 0 Å². The van der Waals surface area contributed by atoms with Crippen molar-refractivity contribution in [3.63, 3.8) is 0 Å². The van der Waals surface area contributed by atoms with Crippen molar-refractivity contribution in [3.05, 3.63) is 59.9 Å². The molecule has 0 aliphatic rings. The highest BCUT2D eigenvalue weighted by atomic mass is 15.2. The van der Waals surface area contributed by atoms with E-state index >= 15 is 0 Å². The lowest BCUT2D eigenvalue weighted by molar-refractivity contribution is 0.857. The summed E-state index contributed by atoms with van der Waals surface area (Å²) in [6, 6.07) is 12.6. The Morgan fingerprint density at radius 1 is 0.889 bits per heavy atom. The minimum atomic E-state index is 0.248. The van der Waals surface area contributed by atoms with Crippen LogP contribution in [0.1, 0.15) is 44.7 Å². The Kier molecular flexibility index (Phi) is 5.69. The third-order valence-electron chi connectivity index (χ3n) is 4.28. The smallest absolute Gasteiger partial charge is 0.225 e. The first-order chi connectivity index (χ1) is 12.9. The number of anilines is 3. The van der Waals surface area contributed by atoms with Crippen molar-refractivity contribution < 1.29 is 0 Å². The summed E-state index contributed by atoms with van der Waals surface area (Å²) in [5.74, 6) is 1.88. The molecule has 3 rings (SSSR count). The van der Waals surface area contributed by atoms with Crippen LogP contribution in [0, 0.1) is 6.92 Å². The van der Waals surface area contributed by atoms with Gasteiger partial charge in [0.15, 0.2) is 0 Å². The van der Waals surface area contributed by atoms with Crippen molar-refractivity contribution in [1.29, 1.82) is 0 Å². The number of nitrogens with zero attached hydrogens (tertiary/aromatic N) is 3. The Morgan fingerprint density at radius 3 is 2.26 bits per heavy atom. The number of pyridine rings is 1. The van der Waals surface area contributed by atoms with Crippen LogP contribution in [-0.2, 0) is 0 Å². The second kappa shape index (κ2) is 8.16. The van der Waals surface area contributed by atoms with Crippen LogP contribution in [0.15, 0.2) is 48.8 Å². The van der Waals surface area contributed by atoms with Gasteiger partial charge >= 0.3 is 0 Å². The molecular formula is C22H27N5. The molecule has 0 saturated heterocycles. The van der Waals surface area contributed by atoms with E-state index in [-0.39, 0.29) is 6.04 Å². The minimum absolute atomic E-state index is 0.248. The molecule has 2 heterocycles. The van der Waals surface area contributed by atoms with Gasteiger partial charge in [-0.15, -0.1) is 0 Å². The molecule has 27 heavy (non-hydrogen) atoms. The summed E-state index contributed by atoms with van der Waals surface area (Å²) in [6.07, 6.45) is 3.54. The fraction of sp³-hybridized carbons (Fsp3) is 0.318. The summed E-state index contributed by atoms with van der Waals surface area (Å²) >= 11 is 0. The van der Waals surface area contributed by atoms with E-state index in [9.17, 15) is 0 Å². The van der Waals surface area contributed by atoms with Crippen molar-refractivity contribution in [2.24, 2.45) is 0 Å². The quantitative estimate of drug-likeness (QED) is 0.604. The van der Waals surface area contributed by atoms with Gasteiger partial charge in [0.2, 0.25) is 5.95 Å². The second-order valence-corrected chi connectivity index (χ2v) is 7.35. The molecule has 0 saturated carbocycles. The molecule has 0 unspecified atom stereocenters. The van der Waals surface area contributed by atoms with Crippen LogP contribution in [0.5, 0.6) is 0 Å². The number of hydrogen-bond acceptors (Lipinski definition) is 5. The third kappa shape index (κ3) is 4.82. The second-order valence-electron chi connectivity index (χ2n) is 7.35. The van der Waals surface area contributed by atoms with Gasteiger partial charge in [-0.1, -0.05) is 19.9 Å². The van der Waals surface area contributed by atoms with Gasteiger partial charge in [0.05, 0.1) is 5.69 Å². The van der Waals surface area contributed by atoms with E-state index in [1.54, 1.807) is 12.4 Å². The topological polar surface area (TPSA) is 62.7 Å². The van der Waals surface area contributed by atoms with E-state index in [0.29, 0.717) is 11.9 Å². The number of nitrogens with one attached hydrogen (secondary N) is 2. The zero-order valence-corrected chi connectivity index (χ0v) is 16.6. The highest BCUT2D eigenvalue weighted by molar-refractivity contribution is 5.67. The molecule has 140 valence electrons. The maximum absolute atomic E-state index is 4.65. The first kappa shape index (κ1) is 18.8. The maximum Gasteiger partial charge on any atom is 0.225 e. The molecule has 0 aliphatic carbocycles. The van der Waals surface area contributed by atoms with Crippen LogP contribution < -0.4 is 10.6 Å². The van der Waals surface area contributed by atoms with Crippen LogP contribution in [0.3, 0.4) is 0 Å². The van der Waals surface area contributed by atoms with Crippen LogP contribution in [-0.4, -0.2) is 21.0 Å². The zero-order chi connectivity index (χ0) is 19.4. The first-order valence-electron chi connectivity index (χ1n) is 9.36. The normalized spacial score (nSPS) is 11.1. The monoisotopic (exact) mass is 361 g/mol. The van der Waals surface area contributed by atoms with Crippen LogP contribution in [0.25, 0.3) is 11.3 Å². The average Bonchev–Trinajstić information content (AvgIpc) is 2.61.